The first kappa shape index (κ1) is 21.8. The molecule has 10 heteroatoms. The fourth-order valence-corrected chi connectivity index (χ4v) is 3.94. The van der Waals surface area contributed by atoms with Crippen molar-refractivity contribution in [1.29, 1.82) is 0 Å². The minimum Gasteiger partial charge on any atom is -0.467 e. The van der Waals surface area contributed by atoms with Crippen LogP contribution < -0.4 is 16.4 Å². The van der Waals surface area contributed by atoms with Crippen LogP contribution in [0.2, 0.25) is 5.02 Å². The van der Waals surface area contributed by atoms with Crippen molar-refractivity contribution < 1.29 is 9.53 Å². The maximum atomic E-state index is 10.3. The van der Waals surface area contributed by atoms with E-state index in [1.54, 1.807) is 6.07 Å². The van der Waals surface area contributed by atoms with Gasteiger partial charge in [0.25, 0.3) is 12.4 Å². The lowest BCUT2D eigenvalue weighted by molar-refractivity contribution is -0.129. The first-order chi connectivity index (χ1) is 15.5. The van der Waals surface area contributed by atoms with Gasteiger partial charge in [-0.05, 0) is 30.3 Å². The largest absolute Gasteiger partial charge is 0.467 e. The van der Waals surface area contributed by atoms with E-state index in [9.17, 15) is 4.79 Å². The lowest BCUT2D eigenvalue weighted by Gasteiger charge is -2.36. The number of nitrogens with zero attached hydrogens (tertiary/aromatic N) is 5. The molecule has 0 atom stereocenters. The zero-order valence-electron chi connectivity index (χ0n) is 17.4. The Morgan fingerprint density at radius 1 is 1.09 bits per heavy atom. The Hall–Kier alpha value is -3.43. The molecular formula is C22H24ClN7O2. The van der Waals surface area contributed by atoms with Crippen molar-refractivity contribution >= 4 is 46.6 Å². The molecule has 32 heavy (non-hydrogen) atoms. The molecule has 1 aliphatic heterocycles. The number of rotatable bonds is 7. The van der Waals surface area contributed by atoms with E-state index < -0.39 is 0 Å². The molecule has 1 saturated heterocycles. The molecule has 9 nitrogen and oxygen atoms in total. The first-order valence-corrected chi connectivity index (χ1v) is 10.6. The van der Waals surface area contributed by atoms with Crippen LogP contribution in [0.5, 0.6) is 0 Å². The minimum atomic E-state index is -0.100. The molecule has 3 aromatic rings. The summed E-state index contributed by atoms with van der Waals surface area (Å²) in [5.74, 6) is 0.102. The van der Waals surface area contributed by atoms with Crippen molar-refractivity contribution in [3.8, 4) is 11.3 Å². The van der Waals surface area contributed by atoms with Gasteiger partial charge in [0.1, 0.15) is 6.61 Å². The molecule has 0 aliphatic carbocycles. The van der Waals surface area contributed by atoms with E-state index in [-0.39, 0.29) is 11.9 Å². The Balaban J connectivity index is 1.56. The van der Waals surface area contributed by atoms with Gasteiger partial charge in [0.15, 0.2) is 5.96 Å². The van der Waals surface area contributed by atoms with Crippen molar-refractivity contribution in [1.82, 2.24) is 14.9 Å². The molecule has 0 bridgehead atoms. The normalized spacial score (nSPS) is 14.3. The molecule has 2 heterocycles. The number of carbonyl (C=O) groups excluding carboxylic acids is 1. The molecule has 4 rings (SSSR count). The molecule has 0 spiro atoms. The predicted molar refractivity (Wildman–Crippen MR) is 126 cm³/mol. The van der Waals surface area contributed by atoms with Gasteiger partial charge in [-0.3, -0.25) is 9.69 Å². The highest BCUT2D eigenvalue weighted by Crippen LogP contribution is 2.31. The number of carbonyl (C=O) groups is 1. The summed E-state index contributed by atoms with van der Waals surface area (Å²) in [6, 6.07) is 13.7. The summed E-state index contributed by atoms with van der Waals surface area (Å²) >= 11 is 6.22. The third kappa shape index (κ3) is 5.06. The zero-order chi connectivity index (χ0) is 22.5. The Morgan fingerprint density at radius 2 is 1.84 bits per heavy atom. The van der Waals surface area contributed by atoms with Crippen LogP contribution in [-0.2, 0) is 9.53 Å². The number of aliphatic imine (C=N–C) groups is 1. The van der Waals surface area contributed by atoms with E-state index in [0.717, 1.165) is 49.4 Å². The monoisotopic (exact) mass is 453 g/mol. The Labute approximate surface area is 190 Å². The number of guanidine groups is 1. The van der Waals surface area contributed by atoms with Crippen LogP contribution >= 0.6 is 11.6 Å². The number of hydrogen-bond donors (Lipinski definition) is 2. The number of ether oxygens (including phenoxy) is 1. The quantitative estimate of drug-likeness (QED) is 0.241. The molecular weight excluding hydrogens is 430 g/mol. The van der Waals surface area contributed by atoms with Crippen molar-refractivity contribution in [2.75, 3.05) is 44.2 Å². The average Bonchev–Trinajstić information content (AvgIpc) is 2.79. The van der Waals surface area contributed by atoms with Crippen molar-refractivity contribution in [3.63, 3.8) is 0 Å². The van der Waals surface area contributed by atoms with Gasteiger partial charge < -0.3 is 21.1 Å². The lowest BCUT2D eigenvalue weighted by atomic mass is 10.1. The number of anilines is 1. The summed E-state index contributed by atoms with van der Waals surface area (Å²) < 4.78 is 4.79. The molecule has 2 aromatic carbocycles. The van der Waals surface area contributed by atoms with E-state index in [0.29, 0.717) is 29.3 Å². The molecule has 0 radical (unpaired) electrons. The fourth-order valence-electron chi connectivity index (χ4n) is 3.76. The smallest absolute Gasteiger partial charge is 0.293 e. The molecule has 1 aliphatic rings. The molecule has 166 valence electrons. The average molecular weight is 454 g/mol. The summed E-state index contributed by atoms with van der Waals surface area (Å²) in [6.45, 7) is 5.32. The zero-order valence-corrected chi connectivity index (χ0v) is 18.2. The summed E-state index contributed by atoms with van der Waals surface area (Å²) in [5, 5.41) is 1.43. The predicted octanol–water partition coefficient (Wildman–Crippen LogP) is 2.15. The van der Waals surface area contributed by atoms with Gasteiger partial charge in [-0.2, -0.15) is 4.99 Å². The van der Waals surface area contributed by atoms with Gasteiger partial charge in [0, 0.05) is 54.4 Å². The molecule has 1 fully saturated rings. The second-order valence-corrected chi connectivity index (χ2v) is 7.85. The van der Waals surface area contributed by atoms with Crippen molar-refractivity contribution in [2.45, 2.75) is 0 Å². The van der Waals surface area contributed by atoms with E-state index in [1.165, 1.54) is 0 Å². The first-order valence-electron chi connectivity index (χ1n) is 10.2. The topological polar surface area (TPSA) is 123 Å². The van der Waals surface area contributed by atoms with E-state index in [1.807, 2.05) is 24.3 Å². The van der Waals surface area contributed by atoms with Crippen LogP contribution in [0.3, 0.4) is 0 Å². The third-order valence-electron chi connectivity index (χ3n) is 5.35. The molecule has 0 amide bonds. The number of aromatic nitrogens is 2. The number of piperazine rings is 1. The number of hydrogen-bond acceptors (Lipinski definition) is 7. The second kappa shape index (κ2) is 9.80. The fraction of sp³-hybridized carbons (Fsp3) is 0.273. The van der Waals surface area contributed by atoms with Crippen molar-refractivity contribution in [3.05, 3.63) is 47.5 Å². The number of nitrogens with two attached hydrogens (primary N) is 2. The lowest BCUT2D eigenvalue weighted by Crippen LogP contribution is -2.47. The van der Waals surface area contributed by atoms with E-state index in [2.05, 4.69) is 36.9 Å². The van der Waals surface area contributed by atoms with Gasteiger partial charge in [0.05, 0.1) is 11.2 Å². The molecule has 0 unspecified atom stereocenters. The standard InChI is InChI=1S/C22H24ClN7O2/c23-16-3-6-19-18(13-16)20(27-22(26-19)28-21(24)25)15-1-4-17(5-2-15)30-9-7-29(8-10-30)11-12-32-14-31/h1-6,13-14H,7-12H2,(H4,24,25,26,27,28). The third-order valence-corrected chi connectivity index (χ3v) is 5.58. The van der Waals surface area contributed by atoms with Gasteiger partial charge in [-0.1, -0.05) is 23.7 Å². The number of halogens is 1. The summed E-state index contributed by atoms with van der Waals surface area (Å²) in [5.41, 5.74) is 14.5. The summed E-state index contributed by atoms with van der Waals surface area (Å²) in [7, 11) is 0. The molecule has 4 N–H and O–H groups in total. The number of fused-ring (bicyclic) bond motifs is 1. The Kier molecular flexibility index (Phi) is 6.67. The maximum Gasteiger partial charge on any atom is 0.293 e. The van der Waals surface area contributed by atoms with Crippen molar-refractivity contribution in [2.24, 2.45) is 16.5 Å². The second-order valence-electron chi connectivity index (χ2n) is 7.41. The van der Waals surface area contributed by atoms with Crippen LogP contribution in [0.25, 0.3) is 22.2 Å². The molecule has 0 saturated carbocycles. The van der Waals surface area contributed by atoms with E-state index in [4.69, 9.17) is 27.8 Å². The highest BCUT2D eigenvalue weighted by molar-refractivity contribution is 6.31. The summed E-state index contributed by atoms with van der Waals surface area (Å²) in [4.78, 5) is 27.9. The highest BCUT2D eigenvalue weighted by Gasteiger charge is 2.17. The van der Waals surface area contributed by atoms with Gasteiger partial charge >= 0.3 is 0 Å². The highest BCUT2D eigenvalue weighted by atomic mass is 35.5. The van der Waals surface area contributed by atoms with Crippen LogP contribution in [-0.4, -0.2) is 66.6 Å². The van der Waals surface area contributed by atoms with Crippen LogP contribution in [0.1, 0.15) is 0 Å². The number of benzene rings is 2. The molecule has 1 aromatic heterocycles. The van der Waals surface area contributed by atoms with Gasteiger partial charge in [-0.15, -0.1) is 0 Å². The van der Waals surface area contributed by atoms with Gasteiger partial charge in [-0.25, -0.2) is 9.97 Å². The Morgan fingerprint density at radius 3 is 2.53 bits per heavy atom. The van der Waals surface area contributed by atoms with E-state index >= 15 is 0 Å². The summed E-state index contributed by atoms with van der Waals surface area (Å²) in [6.07, 6.45) is 0. The Bertz CT molecular complexity index is 1130. The minimum absolute atomic E-state index is 0.100. The van der Waals surface area contributed by atoms with Crippen LogP contribution in [0.4, 0.5) is 11.6 Å². The van der Waals surface area contributed by atoms with Gasteiger partial charge in [0.2, 0.25) is 0 Å². The van der Waals surface area contributed by atoms with Crippen LogP contribution in [0.15, 0.2) is 47.5 Å². The van der Waals surface area contributed by atoms with Crippen LogP contribution in [0, 0.1) is 0 Å². The SMILES string of the molecule is NC(N)=Nc1nc(-c2ccc(N3CCN(CCOC=O)CC3)cc2)c2cc(Cl)ccc2n1. The maximum absolute atomic E-state index is 10.3.